The molecule has 0 saturated carbocycles. The third-order valence-corrected chi connectivity index (χ3v) is 2.84. The maximum atomic E-state index is 14.1. The number of hydrogen-bond donors (Lipinski definition) is 0. The van der Waals surface area contributed by atoms with Crippen LogP contribution in [0.2, 0.25) is 0 Å². The molecule has 0 fully saturated rings. The zero-order chi connectivity index (χ0) is 22.4. The molecule has 1 rings (SSSR count). The average Bonchev–Trinajstić information content (AvgIpc) is 2.53. The van der Waals surface area contributed by atoms with Crippen LogP contribution < -0.4 is 0 Å². The molecule has 0 bridgehead atoms. The fourth-order valence-electron chi connectivity index (χ4n) is 1.80. The normalized spacial score (nSPS) is 21.9. The van der Waals surface area contributed by atoms with Crippen LogP contribution in [0.3, 0.4) is 0 Å². The molecule has 0 spiro atoms. The van der Waals surface area contributed by atoms with Crippen molar-refractivity contribution in [3.05, 3.63) is 11.6 Å². The molecule has 17 heteroatoms. The Labute approximate surface area is 144 Å². The van der Waals surface area contributed by atoms with Crippen LogP contribution in [0.4, 0.5) is 61.5 Å². The molecule has 0 atom stereocenters. The van der Waals surface area contributed by atoms with Crippen LogP contribution in [-0.4, -0.2) is 56.0 Å². The zero-order valence-electron chi connectivity index (χ0n) is 12.6. The summed E-state index contributed by atoms with van der Waals surface area (Å²) < 4.78 is 188. The molecule has 1 aliphatic rings. The monoisotopic (exact) mass is 452 g/mol. The standard InChI is InChI=1S/C11H6F14O3/c12-4-5(26-1-6(13,14)15)9(22,23)11(24,25)10(4,27-2-7(16,17)18)28-3-8(19,20)21/h1-3H2. The first-order chi connectivity index (χ1) is 12.2. The van der Waals surface area contributed by atoms with Crippen molar-refractivity contribution in [2.75, 3.05) is 19.8 Å². The van der Waals surface area contributed by atoms with Crippen LogP contribution in [0.25, 0.3) is 0 Å². The first-order valence-corrected chi connectivity index (χ1v) is 6.43. The van der Waals surface area contributed by atoms with Crippen LogP contribution in [-0.2, 0) is 14.2 Å². The highest BCUT2D eigenvalue weighted by Gasteiger charge is 2.83. The molecule has 0 unspecified atom stereocenters. The van der Waals surface area contributed by atoms with Gasteiger partial charge in [0.2, 0.25) is 11.6 Å². The Bertz CT molecular complexity index is 581. The Morgan fingerprint density at radius 1 is 0.643 bits per heavy atom. The van der Waals surface area contributed by atoms with Crippen molar-refractivity contribution in [1.82, 2.24) is 0 Å². The summed E-state index contributed by atoms with van der Waals surface area (Å²) in [6.07, 6.45) is -16.8. The van der Waals surface area contributed by atoms with Gasteiger partial charge in [0.1, 0.15) is 13.2 Å². The van der Waals surface area contributed by atoms with Crippen molar-refractivity contribution in [1.29, 1.82) is 0 Å². The smallest absolute Gasteiger partial charge is 0.422 e. The molecule has 0 heterocycles. The molecule has 0 N–H and O–H groups in total. The Morgan fingerprint density at radius 2 is 1.00 bits per heavy atom. The minimum Gasteiger partial charge on any atom is -0.479 e. The predicted molar refractivity (Wildman–Crippen MR) is 56.8 cm³/mol. The maximum absolute atomic E-state index is 14.1. The summed E-state index contributed by atoms with van der Waals surface area (Å²) in [5.41, 5.74) is 0. The molecule has 0 aromatic rings. The fourth-order valence-corrected chi connectivity index (χ4v) is 1.80. The second-order valence-corrected chi connectivity index (χ2v) is 5.12. The van der Waals surface area contributed by atoms with Gasteiger partial charge in [0.25, 0.3) is 5.79 Å². The van der Waals surface area contributed by atoms with Gasteiger partial charge in [-0.05, 0) is 0 Å². The summed E-state index contributed by atoms with van der Waals surface area (Å²) >= 11 is 0. The largest absolute Gasteiger partial charge is 0.479 e. The van der Waals surface area contributed by atoms with Crippen molar-refractivity contribution >= 4 is 0 Å². The lowest BCUT2D eigenvalue weighted by molar-refractivity contribution is -0.384. The highest BCUT2D eigenvalue weighted by Crippen LogP contribution is 2.60. The number of rotatable bonds is 6. The Morgan fingerprint density at radius 3 is 1.32 bits per heavy atom. The maximum Gasteiger partial charge on any atom is 0.422 e. The number of alkyl halides is 13. The van der Waals surface area contributed by atoms with E-state index < -0.39 is 67.6 Å². The van der Waals surface area contributed by atoms with E-state index in [1.54, 1.807) is 0 Å². The molecule has 28 heavy (non-hydrogen) atoms. The lowest BCUT2D eigenvalue weighted by Gasteiger charge is -2.35. The van der Waals surface area contributed by atoms with Gasteiger partial charge in [-0.1, -0.05) is 0 Å². The summed E-state index contributed by atoms with van der Waals surface area (Å²) in [7, 11) is 0. The van der Waals surface area contributed by atoms with E-state index in [4.69, 9.17) is 0 Å². The quantitative estimate of drug-likeness (QED) is 0.425. The van der Waals surface area contributed by atoms with E-state index in [2.05, 4.69) is 14.2 Å². The van der Waals surface area contributed by atoms with Crippen LogP contribution in [0.15, 0.2) is 11.6 Å². The second-order valence-electron chi connectivity index (χ2n) is 5.12. The minimum atomic E-state index is -6.36. The van der Waals surface area contributed by atoms with Crippen LogP contribution in [0.1, 0.15) is 0 Å². The van der Waals surface area contributed by atoms with E-state index in [9.17, 15) is 61.5 Å². The number of allylic oxidation sites excluding steroid dienone is 1. The molecule has 166 valence electrons. The first-order valence-electron chi connectivity index (χ1n) is 6.43. The van der Waals surface area contributed by atoms with Gasteiger partial charge in [0, 0.05) is 0 Å². The van der Waals surface area contributed by atoms with Crippen molar-refractivity contribution in [3.8, 4) is 0 Å². The van der Waals surface area contributed by atoms with Gasteiger partial charge in [-0.25, -0.2) is 4.39 Å². The van der Waals surface area contributed by atoms with Crippen molar-refractivity contribution < 1.29 is 75.7 Å². The molecular formula is C11H6F14O3. The minimum absolute atomic E-state index is 2.82. The van der Waals surface area contributed by atoms with Gasteiger partial charge >= 0.3 is 30.4 Å². The van der Waals surface area contributed by atoms with Crippen molar-refractivity contribution in [2.45, 2.75) is 36.2 Å². The van der Waals surface area contributed by atoms with E-state index in [1.165, 1.54) is 0 Å². The lowest BCUT2D eigenvalue weighted by Crippen LogP contribution is -2.59. The molecular weight excluding hydrogens is 446 g/mol. The molecule has 3 nitrogen and oxygen atoms in total. The Kier molecular flexibility index (Phi) is 6.19. The topological polar surface area (TPSA) is 27.7 Å². The summed E-state index contributed by atoms with van der Waals surface area (Å²) in [5, 5.41) is 0. The molecule has 1 aliphatic carbocycles. The van der Waals surface area contributed by atoms with Crippen molar-refractivity contribution in [3.63, 3.8) is 0 Å². The molecule has 0 radical (unpaired) electrons. The van der Waals surface area contributed by atoms with Gasteiger partial charge in [0.15, 0.2) is 6.61 Å². The summed E-state index contributed by atoms with van der Waals surface area (Å²) in [4.78, 5) is 0. The van der Waals surface area contributed by atoms with Gasteiger partial charge in [0.05, 0.1) is 0 Å². The van der Waals surface area contributed by atoms with E-state index >= 15 is 0 Å². The molecule has 0 amide bonds. The second kappa shape index (κ2) is 7.07. The summed E-state index contributed by atoms with van der Waals surface area (Å²) in [5.74, 6) is -24.5. The van der Waals surface area contributed by atoms with Crippen LogP contribution >= 0.6 is 0 Å². The fraction of sp³-hybridized carbons (Fsp3) is 0.818. The average molecular weight is 452 g/mol. The van der Waals surface area contributed by atoms with Gasteiger partial charge in [-0.2, -0.15) is 57.1 Å². The van der Waals surface area contributed by atoms with E-state index in [0.717, 1.165) is 0 Å². The van der Waals surface area contributed by atoms with Crippen molar-refractivity contribution in [2.24, 2.45) is 0 Å². The lowest BCUT2D eigenvalue weighted by atomic mass is 10.1. The van der Waals surface area contributed by atoms with Gasteiger partial charge in [-0.3, -0.25) is 0 Å². The van der Waals surface area contributed by atoms with Gasteiger partial charge < -0.3 is 14.2 Å². The first kappa shape index (κ1) is 24.5. The number of ether oxygens (including phenoxy) is 3. The summed E-state index contributed by atoms with van der Waals surface area (Å²) in [6.45, 7) is -8.86. The molecule has 0 aliphatic heterocycles. The molecule has 0 aromatic heterocycles. The number of hydrogen-bond acceptors (Lipinski definition) is 3. The third-order valence-electron chi connectivity index (χ3n) is 2.84. The highest BCUT2D eigenvalue weighted by molar-refractivity contribution is 5.34. The van der Waals surface area contributed by atoms with E-state index in [-0.39, 0.29) is 0 Å². The molecule has 0 saturated heterocycles. The number of halogens is 14. The van der Waals surface area contributed by atoms with E-state index in [1.807, 2.05) is 0 Å². The van der Waals surface area contributed by atoms with E-state index in [0.29, 0.717) is 0 Å². The predicted octanol–water partition coefficient (Wildman–Crippen LogP) is 4.88. The Balaban J connectivity index is 3.48. The SMILES string of the molecule is FC1=C(OCC(F)(F)F)C(F)(F)C(F)(F)C1(OCC(F)(F)F)OCC(F)(F)F. The Hall–Kier alpha value is -1.52. The van der Waals surface area contributed by atoms with Crippen LogP contribution in [0.5, 0.6) is 0 Å². The van der Waals surface area contributed by atoms with Gasteiger partial charge in [-0.15, -0.1) is 0 Å². The zero-order valence-corrected chi connectivity index (χ0v) is 12.6. The van der Waals surface area contributed by atoms with Crippen LogP contribution in [0, 0.1) is 0 Å². The third kappa shape index (κ3) is 4.90. The summed E-state index contributed by atoms with van der Waals surface area (Å²) in [6, 6.07) is 0. The highest BCUT2D eigenvalue weighted by atomic mass is 19.4. The molecule has 0 aromatic carbocycles.